The first-order valence-corrected chi connectivity index (χ1v) is 4.23. The van der Waals surface area contributed by atoms with Gasteiger partial charge in [-0.15, -0.1) is 0 Å². The van der Waals surface area contributed by atoms with Crippen molar-refractivity contribution in [1.29, 1.82) is 0 Å². The van der Waals surface area contributed by atoms with E-state index in [-0.39, 0.29) is 6.03 Å². The zero-order chi connectivity index (χ0) is 9.10. The fourth-order valence-electron chi connectivity index (χ4n) is 0.945. The molecular weight excluding hydrogens is 170 g/mol. The second-order valence-corrected chi connectivity index (χ2v) is 3.06. The van der Waals surface area contributed by atoms with E-state index in [1.807, 2.05) is 0 Å². The average molecular weight is 181 g/mol. The molecule has 0 atom stereocenters. The Morgan fingerprint density at radius 1 is 1.69 bits per heavy atom. The van der Waals surface area contributed by atoms with E-state index in [0.717, 1.165) is 18.5 Å². The van der Waals surface area contributed by atoms with Crippen LogP contribution >= 0.6 is 0 Å². The number of nitrogens with zero attached hydrogens (tertiary/aromatic N) is 2. The molecule has 0 bridgehead atoms. The first-order chi connectivity index (χ1) is 6.34. The number of hydrogen-bond acceptors (Lipinski definition) is 3. The van der Waals surface area contributed by atoms with Gasteiger partial charge in [0.2, 0.25) is 0 Å². The number of H-pyrrole nitrogens is 1. The van der Waals surface area contributed by atoms with Gasteiger partial charge in [0.1, 0.15) is 5.69 Å². The molecule has 13 heavy (non-hydrogen) atoms. The zero-order valence-corrected chi connectivity index (χ0v) is 7.08. The standard InChI is InChI=1S/C7H11N5O/c13-7(10-5-1-2-5)8-3-6-4-9-12-11-6/h4-5H,1-3H2,(H2,8,10,13)(H,9,11,12). The molecule has 1 aliphatic carbocycles. The summed E-state index contributed by atoms with van der Waals surface area (Å²) in [6.45, 7) is 0.412. The lowest BCUT2D eigenvalue weighted by Crippen LogP contribution is -2.36. The Kier molecular flexibility index (Phi) is 2.11. The summed E-state index contributed by atoms with van der Waals surface area (Å²) in [5.74, 6) is 0. The normalized spacial score (nSPS) is 15.4. The highest BCUT2D eigenvalue weighted by atomic mass is 16.2. The van der Waals surface area contributed by atoms with Gasteiger partial charge >= 0.3 is 6.03 Å². The number of amides is 2. The van der Waals surface area contributed by atoms with E-state index < -0.39 is 0 Å². The van der Waals surface area contributed by atoms with E-state index in [1.54, 1.807) is 6.20 Å². The van der Waals surface area contributed by atoms with Gasteiger partial charge < -0.3 is 10.6 Å². The van der Waals surface area contributed by atoms with Gasteiger partial charge in [-0.05, 0) is 12.8 Å². The smallest absolute Gasteiger partial charge is 0.315 e. The van der Waals surface area contributed by atoms with E-state index in [9.17, 15) is 4.79 Å². The van der Waals surface area contributed by atoms with Crippen molar-refractivity contribution in [2.24, 2.45) is 0 Å². The molecule has 0 spiro atoms. The molecule has 3 N–H and O–H groups in total. The first-order valence-electron chi connectivity index (χ1n) is 4.23. The van der Waals surface area contributed by atoms with Crippen molar-refractivity contribution in [3.8, 4) is 0 Å². The predicted octanol–water partition coefficient (Wildman–Crippen LogP) is -0.234. The van der Waals surface area contributed by atoms with E-state index >= 15 is 0 Å². The van der Waals surface area contributed by atoms with Gasteiger partial charge in [-0.2, -0.15) is 15.4 Å². The fourth-order valence-corrected chi connectivity index (χ4v) is 0.945. The quantitative estimate of drug-likeness (QED) is 0.602. The number of nitrogens with one attached hydrogen (secondary N) is 3. The molecule has 0 radical (unpaired) electrons. The summed E-state index contributed by atoms with van der Waals surface area (Å²) in [6, 6.07) is 0.253. The molecule has 0 aliphatic heterocycles. The van der Waals surface area contributed by atoms with Crippen molar-refractivity contribution in [1.82, 2.24) is 26.0 Å². The minimum absolute atomic E-state index is 0.134. The molecule has 0 saturated heterocycles. The fraction of sp³-hybridized carbons (Fsp3) is 0.571. The van der Waals surface area contributed by atoms with Crippen molar-refractivity contribution in [2.45, 2.75) is 25.4 Å². The van der Waals surface area contributed by atoms with Crippen LogP contribution in [0, 0.1) is 0 Å². The van der Waals surface area contributed by atoms with E-state index in [1.165, 1.54) is 0 Å². The Morgan fingerprint density at radius 2 is 2.54 bits per heavy atom. The molecule has 6 heteroatoms. The van der Waals surface area contributed by atoms with Crippen LogP contribution in [-0.4, -0.2) is 27.5 Å². The molecule has 1 fully saturated rings. The van der Waals surface area contributed by atoms with Crippen LogP contribution < -0.4 is 10.6 Å². The summed E-state index contributed by atoms with van der Waals surface area (Å²) >= 11 is 0. The molecule has 1 heterocycles. The maximum atomic E-state index is 11.1. The minimum atomic E-state index is -0.134. The third-order valence-corrected chi connectivity index (χ3v) is 1.81. The molecule has 2 rings (SSSR count). The number of carbonyl (C=O) groups is 1. The Labute approximate surface area is 75.1 Å². The molecule has 0 aromatic carbocycles. The van der Waals surface area contributed by atoms with Crippen LogP contribution in [0.5, 0.6) is 0 Å². The highest BCUT2D eigenvalue weighted by molar-refractivity contribution is 5.74. The molecule has 1 saturated carbocycles. The molecule has 1 aromatic heterocycles. The molecule has 1 aliphatic rings. The number of aromatic amines is 1. The van der Waals surface area contributed by atoms with Crippen molar-refractivity contribution in [2.75, 3.05) is 0 Å². The number of carbonyl (C=O) groups excluding carboxylic acids is 1. The Hall–Kier alpha value is -1.59. The molecule has 1 aromatic rings. The van der Waals surface area contributed by atoms with Gasteiger partial charge in [-0.3, -0.25) is 0 Å². The maximum absolute atomic E-state index is 11.1. The summed E-state index contributed by atoms with van der Waals surface area (Å²) in [5.41, 5.74) is 0.728. The van der Waals surface area contributed by atoms with Crippen LogP contribution in [-0.2, 0) is 6.54 Å². The largest absolute Gasteiger partial charge is 0.335 e. The lowest BCUT2D eigenvalue weighted by Gasteiger charge is -2.03. The summed E-state index contributed by atoms with van der Waals surface area (Å²) in [4.78, 5) is 11.1. The van der Waals surface area contributed by atoms with Crippen LogP contribution in [0.3, 0.4) is 0 Å². The lowest BCUT2D eigenvalue weighted by atomic mass is 10.5. The van der Waals surface area contributed by atoms with Gasteiger partial charge in [0.15, 0.2) is 0 Å². The van der Waals surface area contributed by atoms with Gasteiger partial charge in [-0.25, -0.2) is 4.79 Å². The van der Waals surface area contributed by atoms with Crippen LogP contribution in [0.1, 0.15) is 18.5 Å². The van der Waals surface area contributed by atoms with Gasteiger partial charge in [0.25, 0.3) is 0 Å². The molecule has 0 unspecified atom stereocenters. The van der Waals surface area contributed by atoms with Crippen LogP contribution in [0.25, 0.3) is 0 Å². The Morgan fingerprint density at radius 3 is 3.15 bits per heavy atom. The van der Waals surface area contributed by atoms with Crippen molar-refractivity contribution in [3.05, 3.63) is 11.9 Å². The summed E-state index contributed by atoms with van der Waals surface area (Å²) < 4.78 is 0. The van der Waals surface area contributed by atoms with E-state index in [4.69, 9.17) is 0 Å². The van der Waals surface area contributed by atoms with E-state index in [2.05, 4.69) is 26.0 Å². The van der Waals surface area contributed by atoms with Crippen LogP contribution in [0.4, 0.5) is 4.79 Å². The van der Waals surface area contributed by atoms with E-state index in [0.29, 0.717) is 12.6 Å². The van der Waals surface area contributed by atoms with Gasteiger partial charge in [0, 0.05) is 6.04 Å². The average Bonchev–Trinajstić information content (AvgIpc) is 2.78. The highest BCUT2D eigenvalue weighted by Gasteiger charge is 2.22. The van der Waals surface area contributed by atoms with Crippen molar-refractivity contribution < 1.29 is 4.79 Å². The van der Waals surface area contributed by atoms with Crippen LogP contribution in [0.15, 0.2) is 6.20 Å². The topological polar surface area (TPSA) is 82.7 Å². The number of urea groups is 1. The number of aromatic nitrogens is 3. The molecular formula is C7H11N5O. The maximum Gasteiger partial charge on any atom is 0.315 e. The lowest BCUT2D eigenvalue weighted by molar-refractivity contribution is 0.240. The third kappa shape index (κ3) is 2.43. The molecule has 2 amide bonds. The first kappa shape index (κ1) is 8.03. The highest BCUT2D eigenvalue weighted by Crippen LogP contribution is 2.18. The number of hydrogen-bond donors (Lipinski definition) is 3. The summed E-state index contributed by atoms with van der Waals surface area (Å²) in [6.07, 6.45) is 3.77. The Balaban J connectivity index is 1.69. The van der Waals surface area contributed by atoms with Crippen molar-refractivity contribution >= 4 is 6.03 Å². The summed E-state index contributed by atoms with van der Waals surface area (Å²) in [5, 5.41) is 15.4. The summed E-state index contributed by atoms with van der Waals surface area (Å²) in [7, 11) is 0. The van der Waals surface area contributed by atoms with Crippen LogP contribution in [0.2, 0.25) is 0 Å². The minimum Gasteiger partial charge on any atom is -0.335 e. The van der Waals surface area contributed by atoms with Gasteiger partial charge in [-0.1, -0.05) is 0 Å². The zero-order valence-electron chi connectivity index (χ0n) is 7.08. The SMILES string of the molecule is O=C(NCc1cn[nH]n1)NC1CC1. The third-order valence-electron chi connectivity index (χ3n) is 1.81. The second kappa shape index (κ2) is 3.42. The molecule has 6 nitrogen and oxygen atoms in total. The van der Waals surface area contributed by atoms with Crippen molar-refractivity contribution in [3.63, 3.8) is 0 Å². The number of rotatable bonds is 3. The molecule has 70 valence electrons. The monoisotopic (exact) mass is 181 g/mol. The van der Waals surface area contributed by atoms with Gasteiger partial charge in [0.05, 0.1) is 12.7 Å². The predicted molar refractivity (Wildman–Crippen MR) is 44.8 cm³/mol. The Bertz CT molecular complexity index is 279. The second-order valence-electron chi connectivity index (χ2n) is 3.06.